The number of hydrogen-bond acceptors (Lipinski definition) is 4. The van der Waals surface area contributed by atoms with Crippen molar-refractivity contribution in [2.75, 3.05) is 31.1 Å². The van der Waals surface area contributed by atoms with Gasteiger partial charge in [-0.05, 0) is 37.4 Å². The number of nitrogens with zero attached hydrogens (tertiary/aromatic N) is 1. The highest BCUT2D eigenvalue weighted by Crippen LogP contribution is 2.11. The zero-order valence-corrected chi connectivity index (χ0v) is 12.8. The van der Waals surface area contributed by atoms with Crippen LogP contribution in [-0.2, 0) is 4.74 Å². The van der Waals surface area contributed by atoms with Crippen LogP contribution in [-0.4, -0.2) is 37.1 Å². The predicted molar refractivity (Wildman–Crippen MR) is 81.2 cm³/mol. The van der Waals surface area contributed by atoms with E-state index in [0.717, 1.165) is 25.3 Å². The molecular formula is C13H20Cl2N2O2. The topological polar surface area (TPSA) is 41.6 Å². The van der Waals surface area contributed by atoms with Crippen molar-refractivity contribution in [3.63, 3.8) is 0 Å². The van der Waals surface area contributed by atoms with Crippen molar-refractivity contribution < 1.29 is 9.53 Å². The molecule has 0 bridgehead atoms. The molecule has 0 saturated carbocycles. The lowest BCUT2D eigenvalue weighted by molar-refractivity contribution is 0.0466. The summed E-state index contributed by atoms with van der Waals surface area (Å²) in [5, 5.41) is 0. The maximum Gasteiger partial charge on any atom is 0.338 e. The Bertz CT molecular complexity index is 367. The number of halogens is 2. The second-order valence-corrected chi connectivity index (χ2v) is 4.02. The Morgan fingerprint density at radius 2 is 1.84 bits per heavy atom. The molecule has 0 aliphatic heterocycles. The van der Waals surface area contributed by atoms with Gasteiger partial charge in [-0.2, -0.15) is 0 Å². The van der Waals surface area contributed by atoms with Crippen LogP contribution in [0.25, 0.3) is 0 Å². The van der Waals surface area contributed by atoms with Gasteiger partial charge in [-0.1, -0.05) is 13.8 Å². The molecule has 0 aromatic heterocycles. The van der Waals surface area contributed by atoms with E-state index in [4.69, 9.17) is 16.5 Å². The standard InChI is InChI=1S/C13H19ClN2O2.ClH/c1-3-16(4-2)9-10-18-13(17)11-5-7-12(15-14)8-6-11;/h5-8,15H,3-4,9-10H2,1-2H3;1H. The maximum absolute atomic E-state index is 11.7. The normalized spacial score (nSPS) is 9.89. The number of nitrogens with one attached hydrogen (secondary N) is 1. The van der Waals surface area contributed by atoms with Crippen molar-refractivity contribution in [2.45, 2.75) is 13.8 Å². The van der Waals surface area contributed by atoms with Gasteiger partial charge in [-0.3, -0.25) is 4.84 Å². The number of ether oxygens (including phenoxy) is 1. The molecule has 1 aromatic carbocycles. The first-order valence-corrected chi connectivity index (χ1v) is 6.45. The average Bonchev–Trinajstić information content (AvgIpc) is 2.43. The number of carbonyl (C=O) groups is 1. The second kappa shape index (κ2) is 9.89. The summed E-state index contributed by atoms with van der Waals surface area (Å²) >= 11 is 5.44. The smallest absolute Gasteiger partial charge is 0.338 e. The number of hydrogen-bond donors (Lipinski definition) is 1. The fourth-order valence-electron chi connectivity index (χ4n) is 1.56. The molecule has 4 nitrogen and oxygen atoms in total. The van der Waals surface area contributed by atoms with Crippen molar-refractivity contribution >= 4 is 35.8 Å². The lowest BCUT2D eigenvalue weighted by Crippen LogP contribution is -2.27. The minimum atomic E-state index is -0.303. The third-order valence-corrected chi connectivity index (χ3v) is 2.98. The van der Waals surface area contributed by atoms with Crippen molar-refractivity contribution in [3.8, 4) is 0 Å². The van der Waals surface area contributed by atoms with Crippen LogP contribution in [0.3, 0.4) is 0 Å². The molecule has 6 heteroatoms. The summed E-state index contributed by atoms with van der Waals surface area (Å²) in [7, 11) is 0. The molecule has 0 atom stereocenters. The molecule has 0 unspecified atom stereocenters. The number of anilines is 1. The summed E-state index contributed by atoms with van der Waals surface area (Å²) in [6.07, 6.45) is 0. The third kappa shape index (κ3) is 6.14. The van der Waals surface area contributed by atoms with E-state index in [-0.39, 0.29) is 18.4 Å². The Hall–Kier alpha value is -0.970. The van der Waals surface area contributed by atoms with E-state index >= 15 is 0 Å². The number of esters is 1. The molecule has 0 aliphatic rings. The summed E-state index contributed by atoms with van der Waals surface area (Å²) in [6, 6.07) is 6.83. The molecule has 108 valence electrons. The number of carbonyl (C=O) groups excluding carboxylic acids is 1. The van der Waals surface area contributed by atoms with Gasteiger partial charge in [0.25, 0.3) is 0 Å². The highest BCUT2D eigenvalue weighted by Gasteiger charge is 2.07. The number of rotatable bonds is 7. The van der Waals surface area contributed by atoms with Gasteiger partial charge in [0.2, 0.25) is 0 Å². The van der Waals surface area contributed by atoms with E-state index < -0.39 is 0 Å². The molecule has 0 heterocycles. The molecule has 19 heavy (non-hydrogen) atoms. The number of benzene rings is 1. The first-order chi connectivity index (χ1) is 8.71. The molecule has 0 aliphatic carbocycles. The lowest BCUT2D eigenvalue weighted by Gasteiger charge is -2.17. The largest absolute Gasteiger partial charge is 0.461 e. The number of likely N-dealkylation sites (N-methyl/N-ethyl adjacent to an activating group) is 1. The van der Waals surface area contributed by atoms with E-state index in [2.05, 4.69) is 23.6 Å². The van der Waals surface area contributed by atoms with Crippen molar-refractivity contribution in [3.05, 3.63) is 29.8 Å². The Kier molecular flexibility index (Phi) is 9.39. The SMILES string of the molecule is CCN(CC)CCOC(=O)c1ccc(NCl)cc1.Cl. The van der Waals surface area contributed by atoms with Crippen LogP contribution in [0.15, 0.2) is 24.3 Å². The summed E-state index contributed by atoms with van der Waals surface area (Å²) in [5.41, 5.74) is 1.28. The van der Waals surface area contributed by atoms with E-state index in [1.54, 1.807) is 24.3 Å². The van der Waals surface area contributed by atoms with Crippen LogP contribution < -0.4 is 4.84 Å². The van der Waals surface area contributed by atoms with Gasteiger partial charge in [0, 0.05) is 24.0 Å². The molecule has 1 N–H and O–H groups in total. The van der Waals surface area contributed by atoms with Crippen LogP contribution >= 0.6 is 24.2 Å². The molecule has 0 saturated heterocycles. The first-order valence-electron chi connectivity index (χ1n) is 6.07. The quantitative estimate of drug-likeness (QED) is 0.620. The van der Waals surface area contributed by atoms with Crippen LogP contribution in [0.4, 0.5) is 5.69 Å². The van der Waals surface area contributed by atoms with E-state index in [0.29, 0.717) is 12.2 Å². The highest BCUT2D eigenvalue weighted by atomic mass is 35.5. The molecule has 0 radical (unpaired) electrons. The zero-order valence-electron chi connectivity index (χ0n) is 11.2. The minimum Gasteiger partial charge on any atom is -0.461 e. The monoisotopic (exact) mass is 306 g/mol. The van der Waals surface area contributed by atoms with Gasteiger partial charge in [0.15, 0.2) is 0 Å². The van der Waals surface area contributed by atoms with Crippen molar-refractivity contribution in [2.24, 2.45) is 0 Å². The van der Waals surface area contributed by atoms with E-state index in [1.807, 2.05) is 0 Å². The highest BCUT2D eigenvalue weighted by molar-refractivity contribution is 6.23. The Labute approximate surface area is 125 Å². The fourth-order valence-corrected chi connectivity index (χ4v) is 1.69. The first kappa shape index (κ1) is 18.0. The van der Waals surface area contributed by atoms with Crippen LogP contribution in [0.2, 0.25) is 0 Å². The summed E-state index contributed by atoms with van der Waals surface area (Å²) < 4.78 is 5.20. The second-order valence-electron chi connectivity index (χ2n) is 3.83. The van der Waals surface area contributed by atoms with Gasteiger partial charge in [-0.15, -0.1) is 12.4 Å². The molecule has 0 amide bonds. The lowest BCUT2D eigenvalue weighted by atomic mass is 10.2. The summed E-state index contributed by atoms with van der Waals surface area (Å²) in [6.45, 7) is 7.27. The molecule has 0 fully saturated rings. The minimum absolute atomic E-state index is 0. The average molecular weight is 307 g/mol. The van der Waals surface area contributed by atoms with Crippen molar-refractivity contribution in [1.29, 1.82) is 0 Å². The third-order valence-electron chi connectivity index (χ3n) is 2.76. The Morgan fingerprint density at radius 1 is 1.26 bits per heavy atom. The van der Waals surface area contributed by atoms with Gasteiger partial charge < -0.3 is 9.64 Å². The summed E-state index contributed by atoms with van der Waals surface area (Å²) in [4.78, 5) is 16.4. The molecule has 1 rings (SSSR count). The van der Waals surface area contributed by atoms with Crippen LogP contribution in [0.1, 0.15) is 24.2 Å². The van der Waals surface area contributed by atoms with Gasteiger partial charge in [0.05, 0.1) is 5.56 Å². The Morgan fingerprint density at radius 3 is 2.32 bits per heavy atom. The van der Waals surface area contributed by atoms with Crippen LogP contribution in [0.5, 0.6) is 0 Å². The fraction of sp³-hybridized carbons (Fsp3) is 0.462. The van der Waals surface area contributed by atoms with Crippen molar-refractivity contribution in [1.82, 2.24) is 4.90 Å². The molecule has 1 aromatic rings. The van der Waals surface area contributed by atoms with Gasteiger partial charge in [0.1, 0.15) is 6.61 Å². The van der Waals surface area contributed by atoms with Gasteiger partial charge >= 0.3 is 5.97 Å². The molecular weight excluding hydrogens is 287 g/mol. The summed E-state index contributed by atoms with van der Waals surface area (Å²) in [5.74, 6) is -0.303. The van der Waals surface area contributed by atoms with Gasteiger partial charge in [-0.25, -0.2) is 4.79 Å². The maximum atomic E-state index is 11.7. The van der Waals surface area contributed by atoms with Crippen LogP contribution in [0, 0.1) is 0 Å². The van der Waals surface area contributed by atoms with E-state index in [1.165, 1.54) is 0 Å². The predicted octanol–water partition coefficient (Wildman–Crippen LogP) is 3.17. The van der Waals surface area contributed by atoms with E-state index in [9.17, 15) is 4.79 Å². The zero-order chi connectivity index (χ0) is 13.4. The molecule has 0 spiro atoms. The Balaban J connectivity index is 0.00000324.